The zero-order chi connectivity index (χ0) is 19.7. The van der Waals surface area contributed by atoms with Gasteiger partial charge in [-0.1, -0.05) is 5.92 Å². The Morgan fingerprint density at radius 1 is 1.12 bits per heavy atom. The molecule has 1 atom stereocenters. The van der Waals surface area contributed by atoms with E-state index in [4.69, 9.17) is 18.9 Å². The van der Waals surface area contributed by atoms with Gasteiger partial charge in [-0.3, -0.25) is 4.79 Å². The van der Waals surface area contributed by atoms with Crippen molar-refractivity contribution >= 4 is 11.9 Å². The lowest BCUT2D eigenvalue weighted by molar-refractivity contribution is -0.152. The van der Waals surface area contributed by atoms with Crippen LogP contribution in [0.15, 0.2) is 12.1 Å². The van der Waals surface area contributed by atoms with Crippen molar-refractivity contribution in [2.24, 2.45) is 0 Å². The standard InChI is InChI=1S/C19H25NO6/c1-7-9-18(21)20(13(3)19(22)26-8-2)12-15-16(24-5)10-14(23-4)11-17(15)25-6/h10-11,13H,8,12H2,1-6H3/t13-/m0/s1. The molecule has 0 radical (unpaired) electrons. The van der Waals surface area contributed by atoms with Gasteiger partial charge in [0.2, 0.25) is 0 Å². The third-order valence-electron chi connectivity index (χ3n) is 3.73. The Labute approximate surface area is 154 Å². The fourth-order valence-corrected chi connectivity index (χ4v) is 2.36. The zero-order valence-electron chi connectivity index (χ0n) is 16.0. The van der Waals surface area contributed by atoms with Crippen LogP contribution >= 0.6 is 0 Å². The molecule has 0 aliphatic carbocycles. The number of ether oxygens (including phenoxy) is 4. The number of hydrogen-bond donors (Lipinski definition) is 0. The fourth-order valence-electron chi connectivity index (χ4n) is 2.36. The minimum absolute atomic E-state index is 0.0594. The molecule has 0 heterocycles. The molecule has 0 unspecified atom stereocenters. The first kappa shape index (κ1) is 21.2. The second-order valence-corrected chi connectivity index (χ2v) is 5.25. The maximum atomic E-state index is 12.5. The van der Waals surface area contributed by atoms with E-state index in [-0.39, 0.29) is 13.2 Å². The predicted molar refractivity (Wildman–Crippen MR) is 96.2 cm³/mol. The predicted octanol–water partition coefficient (Wildman–Crippen LogP) is 2.02. The monoisotopic (exact) mass is 363 g/mol. The van der Waals surface area contributed by atoms with Crippen molar-refractivity contribution in [3.63, 3.8) is 0 Å². The van der Waals surface area contributed by atoms with Crippen molar-refractivity contribution < 1.29 is 28.5 Å². The molecule has 0 aliphatic heterocycles. The highest BCUT2D eigenvalue weighted by atomic mass is 16.5. The van der Waals surface area contributed by atoms with Crippen molar-refractivity contribution in [1.29, 1.82) is 0 Å². The fraction of sp³-hybridized carbons (Fsp3) is 0.474. The number of carbonyl (C=O) groups is 2. The van der Waals surface area contributed by atoms with Gasteiger partial charge in [0.05, 0.1) is 40.0 Å². The van der Waals surface area contributed by atoms with E-state index in [1.807, 2.05) is 0 Å². The smallest absolute Gasteiger partial charge is 0.328 e. The van der Waals surface area contributed by atoms with Gasteiger partial charge in [-0.05, 0) is 26.7 Å². The number of nitrogens with zero attached hydrogens (tertiary/aromatic N) is 1. The van der Waals surface area contributed by atoms with E-state index in [0.29, 0.717) is 22.8 Å². The van der Waals surface area contributed by atoms with Crippen LogP contribution in [-0.4, -0.2) is 50.8 Å². The highest BCUT2D eigenvalue weighted by Crippen LogP contribution is 2.35. The second-order valence-electron chi connectivity index (χ2n) is 5.25. The van der Waals surface area contributed by atoms with Crippen LogP contribution in [0.5, 0.6) is 17.2 Å². The molecule has 7 heteroatoms. The van der Waals surface area contributed by atoms with Crippen molar-refractivity contribution in [3.05, 3.63) is 17.7 Å². The van der Waals surface area contributed by atoms with Gasteiger partial charge < -0.3 is 23.8 Å². The SMILES string of the molecule is CC#CC(=O)N(Cc1c(OC)cc(OC)cc1OC)[C@@H](C)C(=O)OCC. The minimum atomic E-state index is -0.820. The molecule has 0 bridgehead atoms. The molecular weight excluding hydrogens is 338 g/mol. The van der Waals surface area contributed by atoms with Gasteiger partial charge in [-0.2, -0.15) is 0 Å². The Morgan fingerprint density at radius 2 is 1.69 bits per heavy atom. The number of benzene rings is 1. The van der Waals surface area contributed by atoms with Crippen LogP contribution in [0.3, 0.4) is 0 Å². The topological polar surface area (TPSA) is 74.3 Å². The van der Waals surface area contributed by atoms with Crippen molar-refractivity contribution in [3.8, 4) is 29.1 Å². The second kappa shape index (κ2) is 10.2. The van der Waals surface area contributed by atoms with Gasteiger partial charge >= 0.3 is 5.97 Å². The Morgan fingerprint density at radius 3 is 2.12 bits per heavy atom. The molecule has 1 rings (SSSR count). The van der Waals surface area contributed by atoms with Crippen LogP contribution in [0, 0.1) is 11.8 Å². The summed E-state index contributed by atoms with van der Waals surface area (Å²) >= 11 is 0. The van der Waals surface area contributed by atoms with Crippen LogP contribution in [0.4, 0.5) is 0 Å². The summed E-state index contributed by atoms with van der Waals surface area (Å²) in [5, 5.41) is 0. The first-order chi connectivity index (χ1) is 12.4. The summed E-state index contributed by atoms with van der Waals surface area (Å²) in [6.07, 6.45) is 0. The van der Waals surface area contributed by atoms with Crippen LogP contribution in [0.25, 0.3) is 0 Å². The van der Waals surface area contributed by atoms with Crippen molar-refractivity contribution in [2.45, 2.75) is 33.4 Å². The van der Waals surface area contributed by atoms with Gasteiger partial charge in [0.15, 0.2) is 0 Å². The average Bonchev–Trinajstić information content (AvgIpc) is 2.65. The molecule has 1 amide bonds. The summed E-state index contributed by atoms with van der Waals surface area (Å²) in [5.41, 5.74) is 0.596. The Balaban J connectivity index is 3.35. The third kappa shape index (κ3) is 5.06. The van der Waals surface area contributed by atoms with E-state index in [9.17, 15) is 9.59 Å². The van der Waals surface area contributed by atoms with Crippen LogP contribution in [0.1, 0.15) is 26.3 Å². The minimum Gasteiger partial charge on any atom is -0.496 e. The van der Waals surface area contributed by atoms with Crippen LogP contribution in [0.2, 0.25) is 0 Å². The molecule has 26 heavy (non-hydrogen) atoms. The lowest BCUT2D eigenvalue weighted by Crippen LogP contribution is -2.43. The number of amides is 1. The number of esters is 1. The first-order valence-electron chi connectivity index (χ1n) is 8.12. The van der Waals surface area contributed by atoms with E-state index in [1.54, 1.807) is 32.9 Å². The van der Waals surface area contributed by atoms with E-state index in [0.717, 1.165) is 0 Å². The molecule has 0 spiro atoms. The Hall–Kier alpha value is -2.88. The van der Waals surface area contributed by atoms with Crippen LogP contribution < -0.4 is 14.2 Å². The van der Waals surface area contributed by atoms with Crippen molar-refractivity contribution in [2.75, 3.05) is 27.9 Å². The first-order valence-corrected chi connectivity index (χ1v) is 8.12. The number of carbonyl (C=O) groups excluding carboxylic acids is 2. The lowest BCUT2D eigenvalue weighted by atomic mass is 10.1. The van der Waals surface area contributed by atoms with E-state index in [1.165, 1.54) is 26.2 Å². The number of methoxy groups -OCH3 is 3. The van der Waals surface area contributed by atoms with Crippen molar-refractivity contribution in [1.82, 2.24) is 4.90 Å². The molecule has 0 N–H and O–H groups in total. The maximum Gasteiger partial charge on any atom is 0.328 e. The summed E-state index contributed by atoms with van der Waals surface area (Å²) in [5.74, 6) is 5.51. The van der Waals surface area contributed by atoms with Gasteiger partial charge in [0.25, 0.3) is 5.91 Å². The van der Waals surface area contributed by atoms with Gasteiger partial charge in [0.1, 0.15) is 23.3 Å². The van der Waals surface area contributed by atoms with Gasteiger partial charge in [-0.25, -0.2) is 4.79 Å². The molecule has 1 aromatic rings. The zero-order valence-corrected chi connectivity index (χ0v) is 16.0. The van der Waals surface area contributed by atoms with E-state index in [2.05, 4.69) is 11.8 Å². The molecular formula is C19H25NO6. The molecule has 0 aromatic heterocycles. The molecule has 0 saturated heterocycles. The molecule has 0 saturated carbocycles. The summed E-state index contributed by atoms with van der Waals surface area (Å²) < 4.78 is 21.1. The quantitative estimate of drug-likeness (QED) is 0.520. The summed E-state index contributed by atoms with van der Waals surface area (Å²) in [6, 6.07) is 2.54. The number of hydrogen-bond acceptors (Lipinski definition) is 6. The highest BCUT2D eigenvalue weighted by Gasteiger charge is 2.28. The normalized spacial score (nSPS) is 10.8. The maximum absolute atomic E-state index is 12.5. The molecule has 0 fully saturated rings. The largest absolute Gasteiger partial charge is 0.496 e. The van der Waals surface area contributed by atoms with Gasteiger partial charge in [-0.15, -0.1) is 0 Å². The summed E-state index contributed by atoms with van der Waals surface area (Å²) in [4.78, 5) is 25.9. The average molecular weight is 363 g/mol. The molecule has 0 aliphatic rings. The van der Waals surface area contributed by atoms with Crippen LogP contribution in [-0.2, 0) is 20.9 Å². The van der Waals surface area contributed by atoms with Gasteiger partial charge in [0, 0.05) is 12.1 Å². The molecule has 7 nitrogen and oxygen atoms in total. The highest BCUT2D eigenvalue weighted by molar-refractivity contribution is 5.96. The van der Waals surface area contributed by atoms with E-state index >= 15 is 0 Å². The van der Waals surface area contributed by atoms with E-state index < -0.39 is 17.9 Å². The molecule has 1 aromatic carbocycles. The number of rotatable bonds is 8. The Kier molecular flexibility index (Phi) is 8.29. The molecule has 142 valence electrons. The summed E-state index contributed by atoms with van der Waals surface area (Å²) in [7, 11) is 4.54. The third-order valence-corrected chi connectivity index (χ3v) is 3.73. The lowest BCUT2D eigenvalue weighted by Gasteiger charge is -2.27. The Bertz CT molecular complexity index is 679. The summed E-state index contributed by atoms with van der Waals surface area (Å²) in [6.45, 7) is 5.14.